The molecule has 0 aliphatic carbocycles. The van der Waals surface area contributed by atoms with Gasteiger partial charge in [-0.15, -0.1) is 0 Å². The summed E-state index contributed by atoms with van der Waals surface area (Å²) >= 11 is 0. The number of hydrogen-bond donors (Lipinski definition) is 2. The predicted octanol–water partition coefficient (Wildman–Crippen LogP) is 4.67. The molecule has 0 spiro atoms. The zero-order valence-electron chi connectivity index (χ0n) is 16.1. The van der Waals surface area contributed by atoms with Gasteiger partial charge in [0.1, 0.15) is 0 Å². The molecule has 29 heavy (non-hydrogen) atoms. The van der Waals surface area contributed by atoms with Crippen molar-refractivity contribution < 1.29 is 18.3 Å². The van der Waals surface area contributed by atoms with E-state index in [0.717, 1.165) is 29.5 Å². The average molecular weight is 410 g/mol. The van der Waals surface area contributed by atoms with Crippen LogP contribution in [0.15, 0.2) is 77.7 Å². The molecule has 0 radical (unpaired) electrons. The third kappa shape index (κ3) is 5.45. The van der Waals surface area contributed by atoms with Gasteiger partial charge < -0.3 is 5.11 Å². The Bertz CT molecular complexity index is 1090. The number of nitrogens with one attached hydrogen (secondary N) is 1. The third-order valence-corrected chi connectivity index (χ3v) is 6.09. The van der Waals surface area contributed by atoms with E-state index in [4.69, 9.17) is 5.11 Å². The van der Waals surface area contributed by atoms with Crippen LogP contribution in [0.5, 0.6) is 0 Å². The van der Waals surface area contributed by atoms with Crippen LogP contribution in [0.1, 0.15) is 33.5 Å². The summed E-state index contributed by atoms with van der Waals surface area (Å²) in [5.41, 5.74) is 3.82. The Morgan fingerprint density at radius 3 is 2.21 bits per heavy atom. The van der Waals surface area contributed by atoms with Gasteiger partial charge in [-0.05, 0) is 67.6 Å². The standard InChI is InChI=1S/C23H23NO4S/c1-17-9-15-21(16-10-17)29(27,28)24-22-8-3-2-6-19(22)7-4-5-18-11-13-20(14-12-18)23(25)26/h2-3,6,8-16,24H,4-5,7H2,1H3,(H,25,26). The van der Waals surface area contributed by atoms with Crippen molar-refractivity contribution in [3.8, 4) is 0 Å². The molecular formula is C23H23NO4S. The van der Waals surface area contributed by atoms with Crippen LogP contribution >= 0.6 is 0 Å². The SMILES string of the molecule is Cc1ccc(S(=O)(=O)Nc2ccccc2CCCc2ccc(C(=O)O)cc2)cc1. The molecule has 5 nitrogen and oxygen atoms in total. The molecule has 150 valence electrons. The van der Waals surface area contributed by atoms with Gasteiger partial charge in [-0.2, -0.15) is 0 Å². The predicted molar refractivity (Wildman–Crippen MR) is 114 cm³/mol. The summed E-state index contributed by atoms with van der Waals surface area (Å²) in [7, 11) is -3.65. The van der Waals surface area contributed by atoms with Crippen molar-refractivity contribution >= 4 is 21.7 Å². The number of carboxylic acids is 1. The largest absolute Gasteiger partial charge is 0.478 e. The van der Waals surface area contributed by atoms with Gasteiger partial charge in [0.25, 0.3) is 10.0 Å². The number of carbonyl (C=O) groups is 1. The molecule has 0 bridgehead atoms. The van der Waals surface area contributed by atoms with Crippen LogP contribution < -0.4 is 4.72 Å². The number of rotatable bonds is 8. The zero-order valence-corrected chi connectivity index (χ0v) is 16.9. The van der Waals surface area contributed by atoms with Gasteiger partial charge in [-0.3, -0.25) is 4.72 Å². The van der Waals surface area contributed by atoms with E-state index in [2.05, 4.69) is 4.72 Å². The van der Waals surface area contributed by atoms with Gasteiger partial charge in [-0.25, -0.2) is 13.2 Å². The van der Waals surface area contributed by atoms with Crippen LogP contribution in [0.25, 0.3) is 0 Å². The van der Waals surface area contributed by atoms with Crippen molar-refractivity contribution in [1.29, 1.82) is 0 Å². The maximum atomic E-state index is 12.7. The van der Waals surface area contributed by atoms with Gasteiger partial charge >= 0.3 is 5.97 Å². The summed E-state index contributed by atoms with van der Waals surface area (Å²) in [5.74, 6) is -0.939. The topological polar surface area (TPSA) is 83.5 Å². The second-order valence-electron chi connectivity index (χ2n) is 6.93. The number of anilines is 1. The Balaban J connectivity index is 1.67. The summed E-state index contributed by atoms with van der Waals surface area (Å²) < 4.78 is 28.1. The number of aromatic carboxylic acids is 1. The van der Waals surface area contributed by atoms with Crippen LogP contribution in [0.4, 0.5) is 5.69 Å². The first-order chi connectivity index (χ1) is 13.8. The summed E-state index contributed by atoms with van der Waals surface area (Å²) in [6.45, 7) is 1.91. The van der Waals surface area contributed by atoms with Crippen LogP contribution in [0, 0.1) is 6.92 Å². The maximum Gasteiger partial charge on any atom is 0.335 e. The Hall–Kier alpha value is -3.12. The smallest absolute Gasteiger partial charge is 0.335 e. The minimum Gasteiger partial charge on any atom is -0.478 e. The van der Waals surface area contributed by atoms with Crippen molar-refractivity contribution in [1.82, 2.24) is 0 Å². The molecule has 0 saturated carbocycles. The zero-order chi connectivity index (χ0) is 20.9. The third-order valence-electron chi connectivity index (χ3n) is 4.71. The lowest BCUT2D eigenvalue weighted by Crippen LogP contribution is -2.14. The highest BCUT2D eigenvalue weighted by atomic mass is 32.2. The molecule has 3 aromatic rings. The van der Waals surface area contributed by atoms with E-state index in [1.165, 1.54) is 0 Å². The van der Waals surface area contributed by atoms with E-state index < -0.39 is 16.0 Å². The lowest BCUT2D eigenvalue weighted by Gasteiger charge is -2.13. The van der Waals surface area contributed by atoms with Crippen LogP contribution in [0.3, 0.4) is 0 Å². The number of hydrogen-bond acceptors (Lipinski definition) is 3. The van der Waals surface area contributed by atoms with Crippen molar-refractivity contribution in [3.05, 3.63) is 95.1 Å². The second-order valence-corrected chi connectivity index (χ2v) is 8.61. The van der Waals surface area contributed by atoms with Crippen molar-refractivity contribution in [2.75, 3.05) is 4.72 Å². The Morgan fingerprint density at radius 2 is 1.55 bits per heavy atom. The molecule has 0 unspecified atom stereocenters. The number of carboxylic acid groups (broad SMARTS) is 1. The minimum atomic E-state index is -3.65. The van der Waals surface area contributed by atoms with Gasteiger partial charge in [0.2, 0.25) is 0 Å². The highest BCUT2D eigenvalue weighted by molar-refractivity contribution is 7.92. The first-order valence-corrected chi connectivity index (χ1v) is 10.8. The number of sulfonamides is 1. The Labute approximate surface area is 171 Å². The van der Waals surface area contributed by atoms with E-state index >= 15 is 0 Å². The molecule has 2 N–H and O–H groups in total. The molecule has 0 atom stereocenters. The van der Waals surface area contributed by atoms with Gasteiger partial charge in [0.15, 0.2) is 0 Å². The molecule has 0 aliphatic heterocycles. The number of benzene rings is 3. The summed E-state index contributed by atoms with van der Waals surface area (Å²) in [5, 5.41) is 8.96. The average Bonchev–Trinajstić information content (AvgIpc) is 2.70. The summed E-state index contributed by atoms with van der Waals surface area (Å²) in [6.07, 6.45) is 2.29. The number of aryl methyl sites for hydroxylation is 3. The quantitative estimate of drug-likeness (QED) is 0.566. The van der Waals surface area contributed by atoms with Crippen LogP contribution in [-0.2, 0) is 22.9 Å². The molecule has 0 saturated heterocycles. The lowest BCUT2D eigenvalue weighted by molar-refractivity contribution is 0.0697. The van der Waals surface area contributed by atoms with Crippen molar-refractivity contribution in [2.45, 2.75) is 31.1 Å². The maximum absolute atomic E-state index is 12.7. The molecule has 0 aromatic heterocycles. The van der Waals surface area contributed by atoms with Crippen LogP contribution in [-0.4, -0.2) is 19.5 Å². The van der Waals surface area contributed by atoms with E-state index in [1.54, 1.807) is 48.5 Å². The van der Waals surface area contributed by atoms with Crippen molar-refractivity contribution in [2.24, 2.45) is 0 Å². The highest BCUT2D eigenvalue weighted by Crippen LogP contribution is 2.22. The van der Waals surface area contributed by atoms with Crippen LogP contribution in [0.2, 0.25) is 0 Å². The molecule has 0 amide bonds. The Morgan fingerprint density at radius 1 is 0.897 bits per heavy atom. The van der Waals surface area contributed by atoms with E-state index in [9.17, 15) is 13.2 Å². The minimum absolute atomic E-state index is 0.233. The van der Waals surface area contributed by atoms with Crippen molar-refractivity contribution in [3.63, 3.8) is 0 Å². The van der Waals surface area contributed by atoms with Gasteiger partial charge in [0, 0.05) is 0 Å². The summed E-state index contributed by atoms with van der Waals surface area (Å²) in [6, 6.07) is 21.0. The summed E-state index contributed by atoms with van der Waals surface area (Å²) in [4.78, 5) is 11.2. The fourth-order valence-electron chi connectivity index (χ4n) is 3.06. The van der Waals surface area contributed by atoms with Gasteiger partial charge in [-0.1, -0.05) is 48.0 Å². The molecule has 0 fully saturated rings. The van der Waals surface area contributed by atoms with E-state index in [0.29, 0.717) is 12.1 Å². The van der Waals surface area contributed by atoms with E-state index in [1.807, 2.05) is 31.2 Å². The fraction of sp³-hybridized carbons (Fsp3) is 0.174. The fourth-order valence-corrected chi connectivity index (χ4v) is 4.16. The molecule has 3 aromatic carbocycles. The highest BCUT2D eigenvalue weighted by Gasteiger charge is 2.15. The molecule has 3 rings (SSSR count). The monoisotopic (exact) mass is 409 g/mol. The lowest BCUT2D eigenvalue weighted by atomic mass is 10.0. The second kappa shape index (κ2) is 8.92. The Kier molecular flexibility index (Phi) is 6.34. The molecule has 6 heteroatoms. The van der Waals surface area contributed by atoms with Gasteiger partial charge in [0.05, 0.1) is 16.1 Å². The van der Waals surface area contributed by atoms with E-state index in [-0.39, 0.29) is 10.5 Å². The molecule has 0 aliphatic rings. The first kappa shape index (κ1) is 20.6. The number of para-hydroxylation sites is 1. The molecule has 0 heterocycles. The molecular weight excluding hydrogens is 386 g/mol. The first-order valence-electron chi connectivity index (χ1n) is 9.35. The normalized spacial score (nSPS) is 11.2.